The second-order valence-corrected chi connectivity index (χ2v) is 10.7. The molecule has 3 aromatic rings. The van der Waals surface area contributed by atoms with E-state index in [0.29, 0.717) is 43.8 Å². The van der Waals surface area contributed by atoms with Crippen LogP contribution in [0.25, 0.3) is 10.9 Å². The molecule has 1 aliphatic carbocycles. The predicted molar refractivity (Wildman–Crippen MR) is 139 cm³/mol. The number of halogens is 2. The predicted octanol–water partition coefficient (Wildman–Crippen LogP) is 4.62. The highest BCUT2D eigenvalue weighted by atomic mass is 19.2. The number of carbonyl (C=O) groups excluding carboxylic acids is 1. The van der Waals surface area contributed by atoms with Crippen molar-refractivity contribution < 1.29 is 23.0 Å². The highest BCUT2D eigenvalue weighted by molar-refractivity contribution is 5.85. The zero-order valence-corrected chi connectivity index (χ0v) is 21.6. The van der Waals surface area contributed by atoms with Crippen molar-refractivity contribution in [3.8, 4) is 0 Å². The number of hydrogen-bond donors (Lipinski definition) is 1. The van der Waals surface area contributed by atoms with Gasteiger partial charge in [0.05, 0.1) is 18.0 Å². The van der Waals surface area contributed by atoms with E-state index in [-0.39, 0.29) is 18.6 Å². The third-order valence-corrected chi connectivity index (χ3v) is 8.22. The number of nitrogens with zero attached hydrogens (tertiary/aromatic N) is 2. The van der Waals surface area contributed by atoms with Crippen LogP contribution in [-0.2, 0) is 39.4 Å². The molecular weight excluding hydrogens is 488 g/mol. The van der Waals surface area contributed by atoms with Crippen molar-refractivity contribution in [3.05, 3.63) is 76.5 Å². The number of ether oxygens (including phenoxy) is 2. The van der Waals surface area contributed by atoms with E-state index in [4.69, 9.17) is 14.5 Å². The Morgan fingerprint density at radius 2 is 2.03 bits per heavy atom. The molecule has 1 N–H and O–H groups in total. The monoisotopic (exact) mass is 521 g/mol. The number of aryl methyl sites for hydroxylation is 1. The molecule has 38 heavy (non-hydrogen) atoms. The highest BCUT2D eigenvalue weighted by Crippen LogP contribution is 2.48. The van der Waals surface area contributed by atoms with Gasteiger partial charge in [-0.05, 0) is 79.6 Å². The van der Waals surface area contributed by atoms with Crippen LogP contribution in [0.15, 0.2) is 42.5 Å². The molecule has 1 saturated heterocycles. The van der Waals surface area contributed by atoms with Gasteiger partial charge in [0.15, 0.2) is 11.6 Å². The molecule has 3 aliphatic rings. The molecule has 1 saturated carbocycles. The Balaban J connectivity index is 1.34. The number of fused-ring (bicyclic) bond motifs is 3. The Hall–Kier alpha value is -2.94. The molecule has 8 heteroatoms. The minimum absolute atomic E-state index is 0.000825. The van der Waals surface area contributed by atoms with Gasteiger partial charge in [-0.1, -0.05) is 18.2 Å². The lowest BCUT2D eigenvalue weighted by molar-refractivity contribution is -0.157. The molecule has 3 heterocycles. The summed E-state index contributed by atoms with van der Waals surface area (Å²) in [4.78, 5) is 21.2. The van der Waals surface area contributed by atoms with Crippen molar-refractivity contribution in [2.24, 2.45) is 5.92 Å². The van der Waals surface area contributed by atoms with Crippen LogP contribution in [0.4, 0.5) is 8.78 Å². The topological polar surface area (TPSA) is 63.7 Å². The molecule has 2 aromatic carbocycles. The van der Waals surface area contributed by atoms with Gasteiger partial charge in [-0.2, -0.15) is 0 Å². The number of pyridine rings is 1. The number of methoxy groups -OCH3 is 1. The SMILES string of the molecule is COCCCc1cc(CN(C(=O)C2CNCC[C@@]23OCc2cc(F)c(F)cc23)C2CC2)c2ccccc2n1. The zero-order chi connectivity index (χ0) is 26.3. The number of benzene rings is 2. The van der Waals surface area contributed by atoms with Gasteiger partial charge in [0.25, 0.3) is 0 Å². The molecule has 1 amide bonds. The van der Waals surface area contributed by atoms with Crippen LogP contribution in [-0.4, -0.2) is 48.6 Å². The molecule has 2 atom stereocenters. The van der Waals surface area contributed by atoms with Crippen LogP contribution in [0.1, 0.15) is 48.1 Å². The van der Waals surface area contributed by atoms with Crippen molar-refractivity contribution in [2.75, 3.05) is 26.8 Å². The second-order valence-electron chi connectivity index (χ2n) is 10.7. The van der Waals surface area contributed by atoms with E-state index in [1.54, 1.807) is 7.11 Å². The standard InChI is InChI=1S/C30H33F2N3O3/c1-37-12-4-5-21-13-19(23-6-2-3-7-28(23)34-21)17-35(22-8-9-22)29(36)25-16-33-11-10-30(25)24-15-27(32)26(31)14-20(24)18-38-30/h2-3,6-7,13-15,22,25,33H,4-5,8-12,16-18H2,1H3/t25?,30-/m0/s1. The summed E-state index contributed by atoms with van der Waals surface area (Å²) in [6, 6.07) is 12.8. The van der Waals surface area contributed by atoms with Gasteiger partial charge >= 0.3 is 0 Å². The third-order valence-electron chi connectivity index (χ3n) is 8.22. The summed E-state index contributed by atoms with van der Waals surface area (Å²) >= 11 is 0. The second kappa shape index (κ2) is 10.3. The van der Waals surface area contributed by atoms with E-state index in [9.17, 15) is 13.6 Å². The molecule has 1 aromatic heterocycles. The Kier molecular flexibility index (Phi) is 6.88. The molecular formula is C30H33F2N3O3. The summed E-state index contributed by atoms with van der Waals surface area (Å²) in [7, 11) is 1.70. The fourth-order valence-electron chi connectivity index (χ4n) is 6.15. The number of nitrogens with one attached hydrogen (secondary N) is 1. The molecule has 2 fully saturated rings. The molecule has 1 unspecified atom stereocenters. The summed E-state index contributed by atoms with van der Waals surface area (Å²) in [5.74, 6) is -2.32. The first-order chi connectivity index (χ1) is 18.5. The number of piperidine rings is 1. The van der Waals surface area contributed by atoms with Crippen LogP contribution >= 0.6 is 0 Å². The van der Waals surface area contributed by atoms with Crippen LogP contribution in [0.3, 0.4) is 0 Å². The average molecular weight is 522 g/mol. The van der Waals surface area contributed by atoms with E-state index in [1.165, 1.54) is 12.1 Å². The van der Waals surface area contributed by atoms with E-state index >= 15 is 0 Å². The summed E-state index contributed by atoms with van der Waals surface area (Å²) in [5.41, 5.74) is 3.26. The van der Waals surface area contributed by atoms with Gasteiger partial charge < -0.3 is 19.7 Å². The molecule has 6 rings (SSSR count). The minimum Gasteiger partial charge on any atom is -0.385 e. The Labute approximate surface area is 221 Å². The average Bonchev–Trinajstić information content (AvgIpc) is 3.72. The lowest BCUT2D eigenvalue weighted by Gasteiger charge is -2.43. The zero-order valence-electron chi connectivity index (χ0n) is 21.6. The maximum absolute atomic E-state index is 14.4. The van der Waals surface area contributed by atoms with E-state index in [2.05, 4.69) is 17.4 Å². The van der Waals surface area contributed by atoms with Gasteiger partial charge in [-0.15, -0.1) is 0 Å². The number of amides is 1. The van der Waals surface area contributed by atoms with Crippen molar-refractivity contribution in [1.29, 1.82) is 0 Å². The van der Waals surface area contributed by atoms with Crippen LogP contribution < -0.4 is 5.32 Å². The van der Waals surface area contributed by atoms with Crippen LogP contribution in [0.2, 0.25) is 0 Å². The molecule has 1 spiro atoms. The first kappa shape index (κ1) is 25.3. The highest BCUT2D eigenvalue weighted by Gasteiger charge is 2.53. The number of rotatable bonds is 8. The maximum Gasteiger partial charge on any atom is 0.230 e. The largest absolute Gasteiger partial charge is 0.385 e. The van der Waals surface area contributed by atoms with Gasteiger partial charge in [-0.25, -0.2) is 8.78 Å². The van der Waals surface area contributed by atoms with Crippen molar-refractivity contribution in [3.63, 3.8) is 0 Å². The fraction of sp³-hybridized carbons (Fsp3) is 0.467. The van der Waals surface area contributed by atoms with E-state index < -0.39 is 23.2 Å². The minimum atomic E-state index is -0.953. The normalized spacial score (nSPS) is 22.7. The smallest absolute Gasteiger partial charge is 0.230 e. The first-order valence-electron chi connectivity index (χ1n) is 13.5. The summed E-state index contributed by atoms with van der Waals surface area (Å²) < 4.78 is 39.9. The van der Waals surface area contributed by atoms with Gasteiger partial charge in [-0.3, -0.25) is 9.78 Å². The van der Waals surface area contributed by atoms with Crippen LogP contribution in [0, 0.1) is 17.6 Å². The quantitative estimate of drug-likeness (QED) is 0.439. The van der Waals surface area contributed by atoms with Crippen molar-refractivity contribution >= 4 is 16.8 Å². The fourth-order valence-corrected chi connectivity index (χ4v) is 6.15. The number of hydrogen-bond acceptors (Lipinski definition) is 5. The third kappa shape index (κ3) is 4.59. The number of carbonyl (C=O) groups is 1. The Morgan fingerprint density at radius 1 is 1.21 bits per heavy atom. The number of para-hydroxylation sites is 1. The molecule has 0 bridgehead atoms. The lowest BCUT2D eigenvalue weighted by atomic mass is 9.75. The van der Waals surface area contributed by atoms with Gasteiger partial charge in [0, 0.05) is 43.9 Å². The Morgan fingerprint density at radius 3 is 2.84 bits per heavy atom. The van der Waals surface area contributed by atoms with E-state index in [0.717, 1.165) is 47.8 Å². The molecule has 6 nitrogen and oxygen atoms in total. The van der Waals surface area contributed by atoms with Crippen LogP contribution in [0.5, 0.6) is 0 Å². The summed E-state index contributed by atoms with van der Waals surface area (Å²) in [5, 5.41) is 4.39. The first-order valence-corrected chi connectivity index (χ1v) is 13.5. The number of aromatic nitrogens is 1. The molecule has 2 aliphatic heterocycles. The summed E-state index contributed by atoms with van der Waals surface area (Å²) in [6.07, 6.45) is 4.11. The molecule has 0 radical (unpaired) electrons. The lowest BCUT2D eigenvalue weighted by Crippen LogP contribution is -2.55. The molecule has 200 valence electrons. The van der Waals surface area contributed by atoms with Crippen molar-refractivity contribution in [2.45, 2.75) is 56.9 Å². The van der Waals surface area contributed by atoms with E-state index in [1.807, 2.05) is 23.1 Å². The maximum atomic E-state index is 14.4. The van der Waals surface area contributed by atoms with Gasteiger partial charge in [0.1, 0.15) is 5.60 Å². The Bertz CT molecular complexity index is 1360. The van der Waals surface area contributed by atoms with Gasteiger partial charge in [0.2, 0.25) is 5.91 Å². The summed E-state index contributed by atoms with van der Waals surface area (Å²) in [6.45, 7) is 2.39. The van der Waals surface area contributed by atoms with Crippen molar-refractivity contribution in [1.82, 2.24) is 15.2 Å².